The van der Waals surface area contributed by atoms with E-state index >= 15 is 0 Å². The molecule has 124 valence electrons. The van der Waals surface area contributed by atoms with Gasteiger partial charge in [0.05, 0.1) is 10.9 Å². The minimum absolute atomic E-state index is 0.0292. The Morgan fingerprint density at radius 3 is 1.86 bits per heavy atom. The highest BCUT2D eigenvalue weighted by Gasteiger charge is 2.40. The maximum absolute atomic E-state index is 12.0. The molecule has 0 aromatic carbocycles. The number of carbonyl (C=O) groups is 1. The molecule has 0 saturated heterocycles. The minimum Gasteiger partial charge on any atom is -0.377 e. The maximum Gasteiger partial charge on any atom is 0.505 e. The predicted molar refractivity (Wildman–Crippen MR) is 91.8 cm³/mol. The molecule has 4 nitrogen and oxygen atoms in total. The lowest BCUT2D eigenvalue weighted by Gasteiger charge is -2.24. The molecule has 0 spiro atoms. The largest absolute Gasteiger partial charge is 0.505 e. The molecule has 6 heteroatoms. The van der Waals surface area contributed by atoms with Crippen LogP contribution in [0.3, 0.4) is 0 Å². The van der Waals surface area contributed by atoms with Crippen molar-refractivity contribution in [2.24, 2.45) is 0 Å². The number of hydrogen-bond acceptors (Lipinski definition) is 5. The van der Waals surface area contributed by atoms with Gasteiger partial charge in [-0.25, -0.2) is 0 Å². The first-order valence-corrected chi connectivity index (χ1v) is 10.1. The van der Waals surface area contributed by atoms with E-state index in [1.807, 2.05) is 0 Å². The Morgan fingerprint density at radius 2 is 1.38 bits per heavy atom. The van der Waals surface area contributed by atoms with Gasteiger partial charge in [-0.15, -0.1) is 0 Å². The summed E-state index contributed by atoms with van der Waals surface area (Å²) in [5.41, 5.74) is 0. The van der Waals surface area contributed by atoms with E-state index in [-0.39, 0.29) is 5.78 Å². The van der Waals surface area contributed by atoms with Crippen LogP contribution in [-0.4, -0.2) is 40.8 Å². The van der Waals surface area contributed by atoms with Gasteiger partial charge in [0.1, 0.15) is 0 Å². The van der Waals surface area contributed by atoms with Crippen LogP contribution < -0.4 is 0 Å². The maximum atomic E-state index is 12.0. The summed E-state index contributed by atoms with van der Waals surface area (Å²) in [5, 5.41) is 0. The molecule has 0 aromatic heterocycles. The molecule has 0 aliphatic carbocycles. The van der Waals surface area contributed by atoms with Crippen molar-refractivity contribution in [3.05, 3.63) is 0 Å². The van der Waals surface area contributed by atoms with E-state index in [9.17, 15) is 4.79 Å². The minimum atomic E-state index is -2.77. The molecule has 0 aromatic rings. The smallest absolute Gasteiger partial charge is 0.377 e. The third-order valence-corrected chi connectivity index (χ3v) is 6.91. The molecule has 0 radical (unpaired) electrons. The van der Waals surface area contributed by atoms with Crippen LogP contribution in [0.4, 0.5) is 0 Å². The molecule has 0 rings (SSSR count). The van der Waals surface area contributed by atoms with Gasteiger partial charge in [0, 0.05) is 27.8 Å². The highest BCUT2D eigenvalue weighted by molar-refractivity contribution is 7.82. The predicted octanol–water partition coefficient (Wildman–Crippen LogP) is 3.94. The summed E-state index contributed by atoms with van der Waals surface area (Å²) in [6.07, 6.45) is 8.86. The first-order chi connectivity index (χ1) is 10.0. The van der Waals surface area contributed by atoms with E-state index in [1.54, 1.807) is 0 Å². The lowest BCUT2D eigenvalue weighted by Crippen LogP contribution is -2.45. The van der Waals surface area contributed by atoms with E-state index in [4.69, 9.17) is 25.5 Å². The van der Waals surface area contributed by atoms with E-state index < -0.39 is 8.80 Å². The zero-order valence-corrected chi connectivity index (χ0v) is 15.7. The van der Waals surface area contributed by atoms with Gasteiger partial charge in [-0.2, -0.15) is 0 Å². The van der Waals surface area contributed by atoms with Crippen molar-refractivity contribution in [2.75, 3.05) is 21.3 Å². The lowest BCUT2D eigenvalue weighted by atomic mass is 10.1. The number of carbonyl (C=O) groups excluding carboxylic acids is 1. The van der Waals surface area contributed by atoms with Gasteiger partial charge in [-0.1, -0.05) is 57.7 Å². The third-order valence-electron chi connectivity index (χ3n) is 3.63. The molecule has 0 amide bonds. The zero-order chi connectivity index (χ0) is 16.1. The average molecular weight is 335 g/mol. The number of unbranched alkanes of at least 4 members (excludes halogenated alkanes) is 6. The second kappa shape index (κ2) is 12.4. The lowest BCUT2D eigenvalue weighted by molar-refractivity contribution is -0.113. The van der Waals surface area contributed by atoms with E-state index in [2.05, 4.69) is 6.92 Å². The monoisotopic (exact) mass is 334 g/mol. The van der Waals surface area contributed by atoms with E-state index in [1.165, 1.54) is 53.4 Å². The molecule has 0 bridgehead atoms. The number of Topliss-reactive ketones (excluding diaryl/α,β-unsaturated/α-hetero) is 1. The van der Waals surface area contributed by atoms with Crippen molar-refractivity contribution < 1.29 is 18.1 Å². The quantitative estimate of drug-likeness (QED) is 0.273. The van der Waals surface area contributed by atoms with Gasteiger partial charge in [-0.3, -0.25) is 4.79 Å². The van der Waals surface area contributed by atoms with Crippen LogP contribution in [0.5, 0.6) is 0 Å². The third kappa shape index (κ3) is 8.78. The first-order valence-electron chi connectivity index (χ1n) is 7.76. The van der Waals surface area contributed by atoms with Gasteiger partial charge < -0.3 is 13.3 Å². The fourth-order valence-corrected chi connectivity index (χ4v) is 4.30. The second-order valence-corrected chi connectivity index (χ2v) is 8.63. The van der Waals surface area contributed by atoms with Crippen LogP contribution >= 0.6 is 12.2 Å². The summed E-state index contributed by atoms with van der Waals surface area (Å²) in [4.78, 5) is 12.4. The molecule has 0 saturated carbocycles. The Hall–Kier alpha value is -0.143. The fraction of sp³-hybridized carbons (Fsp3) is 0.867. The summed E-state index contributed by atoms with van der Waals surface area (Å²) in [7, 11) is 1.82. The van der Waals surface area contributed by atoms with Gasteiger partial charge in [0.25, 0.3) is 0 Å². The van der Waals surface area contributed by atoms with Crippen LogP contribution in [0.25, 0.3) is 0 Å². The van der Waals surface area contributed by atoms with Crippen LogP contribution in [0.15, 0.2) is 0 Å². The van der Waals surface area contributed by atoms with Crippen molar-refractivity contribution in [3.63, 3.8) is 0 Å². The van der Waals surface area contributed by atoms with Crippen molar-refractivity contribution in [2.45, 2.75) is 64.3 Å². The molecule has 0 fully saturated rings. The molecule has 0 heterocycles. The van der Waals surface area contributed by atoms with Gasteiger partial charge >= 0.3 is 8.80 Å². The van der Waals surface area contributed by atoms with Crippen LogP contribution in [0, 0.1) is 0 Å². The Bertz CT molecular complexity index is 298. The van der Waals surface area contributed by atoms with Gasteiger partial charge in [0.2, 0.25) is 0 Å². The topological polar surface area (TPSA) is 44.8 Å². The number of ketones is 1. The zero-order valence-electron chi connectivity index (χ0n) is 13.9. The number of rotatable bonds is 14. The molecule has 0 atom stereocenters. The van der Waals surface area contributed by atoms with Crippen LogP contribution in [0.1, 0.15) is 58.3 Å². The number of thiocarbonyl (C=S) groups is 1. The Labute approximate surface area is 135 Å². The molecule has 0 unspecified atom stereocenters. The summed E-state index contributed by atoms with van der Waals surface area (Å²) >= 11 is 5.20. The van der Waals surface area contributed by atoms with E-state index in [0.717, 1.165) is 12.8 Å². The highest BCUT2D eigenvalue weighted by Crippen LogP contribution is 2.16. The molecule has 21 heavy (non-hydrogen) atoms. The standard InChI is InChI=1S/C15H30O4SSi/c1-5-6-7-8-9-10-11-12-14(16)15(20)13-21(17-2,18-3)19-4/h5-13H2,1-4H3. The summed E-state index contributed by atoms with van der Waals surface area (Å²) in [6, 6.07) is 0.293. The van der Waals surface area contributed by atoms with Crippen LogP contribution in [0.2, 0.25) is 6.04 Å². The summed E-state index contributed by atoms with van der Waals surface area (Å²) < 4.78 is 15.9. The van der Waals surface area contributed by atoms with Crippen molar-refractivity contribution in [1.82, 2.24) is 0 Å². The molecule has 0 N–H and O–H groups in total. The van der Waals surface area contributed by atoms with Crippen LogP contribution in [-0.2, 0) is 18.1 Å². The summed E-state index contributed by atoms with van der Waals surface area (Å²) in [5.74, 6) is 0.0292. The summed E-state index contributed by atoms with van der Waals surface area (Å²) in [6.45, 7) is 2.21. The van der Waals surface area contributed by atoms with Crippen molar-refractivity contribution in [1.29, 1.82) is 0 Å². The average Bonchev–Trinajstić information content (AvgIpc) is 2.51. The Kier molecular flexibility index (Phi) is 12.3. The number of hydrogen-bond donors (Lipinski definition) is 0. The normalized spacial score (nSPS) is 11.6. The van der Waals surface area contributed by atoms with Crippen molar-refractivity contribution >= 4 is 31.7 Å². The molecular formula is C15H30O4SSi. The van der Waals surface area contributed by atoms with Gasteiger partial charge in [0.15, 0.2) is 5.78 Å². The first kappa shape index (κ1) is 20.9. The van der Waals surface area contributed by atoms with Crippen molar-refractivity contribution in [3.8, 4) is 0 Å². The second-order valence-electron chi connectivity index (χ2n) is 5.19. The molecular weight excluding hydrogens is 304 g/mol. The van der Waals surface area contributed by atoms with Gasteiger partial charge in [-0.05, 0) is 6.42 Å². The van der Waals surface area contributed by atoms with E-state index in [0.29, 0.717) is 17.3 Å². The SMILES string of the molecule is CCCCCCCCCC(=O)C(=S)C[Si](OC)(OC)OC. The Morgan fingerprint density at radius 1 is 0.905 bits per heavy atom. The molecule has 0 aliphatic rings. The Balaban J connectivity index is 3.92. The molecule has 0 aliphatic heterocycles. The highest BCUT2D eigenvalue weighted by atomic mass is 32.1. The fourth-order valence-electron chi connectivity index (χ4n) is 2.14.